The lowest BCUT2D eigenvalue weighted by molar-refractivity contribution is 0.300. The molecule has 1 aliphatic rings. The Morgan fingerprint density at radius 3 is 2.75 bits per heavy atom. The van der Waals surface area contributed by atoms with Crippen molar-refractivity contribution in [1.29, 1.82) is 5.26 Å². The minimum absolute atomic E-state index is 0.349. The molecule has 0 amide bonds. The van der Waals surface area contributed by atoms with Crippen LogP contribution in [-0.2, 0) is 0 Å². The first-order chi connectivity index (χ1) is 9.69. The second-order valence-electron chi connectivity index (χ2n) is 5.44. The quantitative estimate of drug-likeness (QED) is 0.919. The van der Waals surface area contributed by atoms with Crippen molar-refractivity contribution in [1.82, 2.24) is 0 Å². The van der Waals surface area contributed by atoms with Crippen molar-refractivity contribution in [2.75, 3.05) is 18.0 Å². The van der Waals surface area contributed by atoms with Crippen molar-refractivity contribution in [2.24, 2.45) is 11.7 Å². The Hall–Kier alpha value is -1.60. The van der Waals surface area contributed by atoms with Crippen molar-refractivity contribution in [3.8, 4) is 6.07 Å². The second kappa shape index (κ2) is 6.71. The van der Waals surface area contributed by atoms with E-state index in [1.165, 1.54) is 25.0 Å². The lowest BCUT2D eigenvalue weighted by atomic mass is 9.83. The molecule has 2 atom stereocenters. The average Bonchev–Trinajstić information content (AvgIpc) is 2.48. The molecular formula is C16H22FN3. The van der Waals surface area contributed by atoms with Crippen LogP contribution in [0.5, 0.6) is 0 Å². The summed E-state index contributed by atoms with van der Waals surface area (Å²) in [6.07, 6.45) is 4.65. The van der Waals surface area contributed by atoms with E-state index in [4.69, 9.17) is 11.0 Å². The smallest absolute Gasteiger partial charge is 0.126 e. The van der Waals surface area contributed by atoms with Crippen LogP contribution in [0.4, 0.5) is 10.1 Å². The third kappa shape index (κ3) is 3.10. The molecule has 2 unspecified atom stereocenters. The summed E-state index contributed by atoms with van der Waals surface area (Å²) in [7, 11) is 0. The topological polar surface area (TPSA) is 53.0 Å². The molecule has 20 heavy (non-hydrogen) atoms. The molecule has 0 heterocycles. The zero-order valence-corrected chi connectivity index (χ0v) is 12.0. The molecule has 0 aromatic heterocycles. The summed E-state index contributed by atoms with van der Waals surface area (Å²) < 4.78 is 13.7. The Kier molecular flexibility index (Phi) is 4.97. The van der Waals surface area contributed by atoms with E-state index in [1.807, 2.05) is 6.07 Å². The predicted molar refractivity (Wildman–Crippen MR) is 78.9 cm³/mol. The summed E-state index contributed by atoms with van der Waals surface area (Å²) in [5, 5.41) is 8.99. The van der Waals surface area contributed by atoms with Gasteiger partial charge in [-0.3, -0.25) is 0 Å². The fourth-order valence-electron chi connectivity index (χ4n) is 3.29. The molecule has 4 heteroatoms. The van der Waals surface area contributed by atoms with Gasteiger partial charge in [-0.25, -0.2) is 4.39 Å². The molecule has 1 fully saturated rings. The summed E-state index contributed by atoms with van der Waals surface area (Å²) in [6.45, 7) is 3.54. The largest absolute Gasteiger partial charge is 0.368 e. The van der Waals surface area contributed by atoms with E-state index in [9.17, 15) is 4.39 Å². The fourth-order valence-corrected chi connectivity index (χ4v) is 3.29. The zero-order valence-electron chi connectivity index (χ0n) is 12.0. The number of halogens is 1. The first-order valence-electron chi connectivity index (χ1n) is 7.37. The predicted octanol–water partition coefficient (Wildman–Crippen LogP) is 3.04. The first-order valence-corrected chi connectivity index (χ1v) is 7.37. The van der Waals surface area contributed by atoms with Crippen molar-refractivity contribution in [2.45, 2.75) is 38.6 Å². The highest BCUT2D eigenvalue weighted by molar-refractivity contribution is 5.53. The average molecular weight is 275 g/mol. The van der Waals surface area contributed by atoms with Gasteiger partial charge in [0.25, 0.3) is 0 Å². The van der Waals surface area contributed by atoms with E-state index in [-0.39, 0.29) is 5.82 Å². The zero-order chi connectivity index (χ0) is 14.5. The maximum absolute atomic E-state index is 13.7. The van der Waals surface area contributed by atoms with Crippen LogP contribution in [0.25, 0.3) is 0 Å². The number of hydrogen-bond donors (Lipinski definition) is 1. The lowest BCUT2D eigenvalue weighted by Crippen LogP contribution is -2.45. The van der Waals surface area contributed by atoms with Gasteiger partial charge in [0.05, 0.1) is 11.6 Å². The van der Waals surface area contributed by atoms with E-state index in [1.54, 1.807) is 6.07 Å². The number of rotatable bonds is 4. The Morgan fingerprint density at radius 2 is 2.10 bits per heavy atom. The van der Waals surface area contributed by atoms with E-state index in [0.717, 1.165) is 25.1 Å². The number of hydrogen-bond acceptors (Lipinski definition) is 3. The third-order valence-electron chi connectivity index (χ3n) is 4.26. The molecule has 3 nitrogen and oxygen atoms in total. The van der Waals surface area contributed by atoms with Crippen molar-refractivity contribution in [3.05, 3.63) is 29.6 Å². The molecule has 0 aliphatic heterocycles. The molecule has 1 aromatic rings. The molecule has 0 bridgehead atoms. The molecule has 1 aromatic carbocycles. The molecule has 1 saturated carbocycles. The van der Waals surface area contributed by atoms with Crippen LogP contribution < -0.4 is 10.6 Å². The van der Waals surface area contributed by atoms with Gasteiger partial charge >= 0.3 is 0 Å². The van der Waals surface area contributed by atoms with E-state index in [2.05, 4.69) is 11.8 Å². The van der Waals surface area contributed by atoms with Gasteiger partial charge in [0.15, 0.2) is 0 Å². The second-order valence-corrected chi connectivity index (χ2v) is 5.44. The van der Waals surface area contributed by atoms with Gasteiger partial charge < -0.3 is 10.6 Å². The molecule has 0 radical (unpaired) electrons. The molecule has 0 saturated heterocycles. The Morgan fingerprint density at radius 1 is 1.35 bits per heavy atom. The van der Waals surface area contributed by atoms with Crippen LogP contribution >= 0.6 is 0 Å². The van der Waals surface area contributed by atoms with Crippen LogP contribution in [0.15, 0.2) is 18.2 Å². The van der Waals surface area contributed by atoms with Crippen molar-refractivity contribution >= 4 is 5.69 Å². The summed E-state index contributed by atoms with van der Waals surface area (Å²) in [6, 6.07) is 6.95. The minimum Gasteiger partial charge on any atom is -0.368 e. The first kappa shape index (κ1) is 14.8. The number of nitriles is 1. The fraction of sp³-hybridized carbons (Fsp3) is 0.562. The highest BCUT2D eigenvalue weighted by atomic mass is 19.1. The van der Waals surface area contributed by atoms with Gasteiger partial charge in [0.1, 0.15) is 5.82 Å². The van der Waals surface area contributed by atoms with Gasteiger partial charge in [-0.2, -0.15) is 5.26 Å². The highest BCUT2D eigenvalue weighted by Crippen LogP contribution is 2.31. The van der Waals surface area contributed by atoms with Gasteiger partial charge in [-0.15, -0.1) is 0 Å². The van der Waals surface area contributed by atoms with Crippen molar-refractivity contribution < 1.29 is 4.39 Å². The monoisotopic (exact) mass is 275 g/mol. The van der Waals surface area contributed by atoms with Gasteiger partial charge in [-0.1, -0.05) is 12.8 Å². The molecule has 108 valence electrons. The molecule has 0 spiro atoms. The van der Waals surface area contributed by atoms with Gasteiger partial charge in [0.2, 0.25) is 0 Å². The Labute approximate surface area is 120 Å². The lowest BCUT2D eigenvalue weighted by Gasteiger charge is -2.40. The molecule has 2 rings (SSSR count). The van der Waals surface area contributed by atoms with Crippen molar-refractivity contribution in [3.63, 3.8) is 0 Å². The van der Waals surface area contributed by atoms with Gasteiger partial charge in [0, 0.05) is 18.3 Å². The SMILES string of the molecule is CCN(c1cc(F)cc(C#N)c1)C1CCCCC1CN. The highest BCUT2D eigenvalue weighted by Gasteiger charge is 2.29. The van der Waals surface area contributed by atoms with Crippen LogP contribution in [0, 0.1) is 23.1 Å². The molecular weight excluding hydrogens is 253 g/mol. The summed E-state index contributed by atoms with van der Waals surface area (Å²) in [4.78, 5) is 2.21. The van der Waals surface area contributed by atoms with Crippen LogP contribution in [0.3, 0.4) is 0 Å². The van der Waals surface area contributed by atoms with E-state index >= 15 is 0 Å². The normalized spacial score (nSPS) is 22.3. The molecule has 2 N–H and O–H groups in total. The third-order valence-corrected chi connectivity index (χ3v) is 4.26. The summed E-state index contributed by atoms with van der Waals surface area (Å²) in [5.41, 5.74) is 7.07. The number of nitrogens with two attached hydrogens (primary N) is 1. The number of nitrogens with zero attached hydrogens (tertiary/aromatic N) is 2. The summed E-state index contributed by atoms with van der Waals surface area (Å²) in [5.74, 6) is 0.107. The Bertz CT molecular complexity index is 495. The van der Waals surface area contributed by atoms with Gasteiger partial charge in [-0.05, 0) is 50.4 Å². The van der Waals surface area contributed by atoms with E-state index < -0.39 is 0 Å². The van der Waals surface area contributed by atoms with E-state index in [0.29, 0.717) is 24.1 Å². The van der Waals surface area contributed by atoms with Crippen LogP contribution in [0.2, 0.25) is 0 Å². The number of anilines is 1. The Balaban J connectivity index is 2.31. The summed E-state index contributed by atoms with van der Waals surface area (Å²) >= 11 is 0. The van der Waals surface area contributed by atoms with Crippen LogP contribution in [0.1, 0.15) is 38.2 Å². The maximum Gasteiger partial charge on any atom is 0.126 e. The van der Waals surface area contributed by atoms with Crippen LogP contribution in [-0.4, -0.2) is 19.1 Å². The number of benzene rings is 1. The molecule has 1 aliphatic carbocycles. The minimum atomic E-state index is -0.349. The standard InChI is InChI=1S/C16H22FN3/c1-2-20(16-6-4-3-5-13(16)11-19)15-8-12(10-18)7-14(17)9-15/h7-9,13,16H,2-6,11,19H2,1H3. The maximum atomic E-state index is 13.7.